The van der Waals surface area contributed by atoms with Gasteiger partial charge in [0.05, 0.1) is 11.4 Å². The smallest absolute Gasteiger partial charge is 0.223 e. The third kappa shape index (κ3) is 3.94. The molecule has 0 aliphatic carbocycles. The van der Waals surface area contributed by atoms with Crippen LogP contribution in [0.1, 0.15) is 12.6 Å². The zero-order valence-electron chi connectivity index (χ0n) is 11.8. The van der Waals surface area contributed by atoms with E-state index in [1.165, 1.54) is 18.3 Å². The number of anilines is 1. The highest BCUT2D eigenvalue weighted by Gasteiger charge is 2.07. The number of benzene rings is 1. The average Bonchev–Trinajstić information content (AvgIpc) is 3.15. The van der Waals surface area contributed by atoms with Crippen LogP contribution in [0.2, 0.25) is 0 Å². The molecule has 7 heteroatoms. The predicted octanol–water partition coefficient (Wildman–Crippen LogP) is 4.52. The zero-order chi connectivity index (χ0) is 15.4. The fourth-order valence-corrected chi connectivity index (χ4v) is 4.37. The van der Waals surface area contributed by atoms with Gasteiger partial charge in [-0.05, 0) is 0 Å². The van der Waals surface area contributed by atoms with Crippen LogP contribution < -0.4 is 5.32 Å². The third-order valence-electron chi connectivity index (χ3n) is 2.73. The van der Waals surface area contributed by atoms with Crippen LogP contribution in [0.3, 0.4) is 0 Å². The summed E-state index contributed by atoms with van der Waals surface area (Å²) in [5.74, 6) is 0.652. The third-order valence-corrected chi connectivity index (χ3v) is 5.59. The van der Waals surface area contributed by atoms with Crippen LogP contribution in [0, 0.1) is 0 Å². The van der Waals surface area contributed by atoms with E-state index in [1.54, 1.807) is 23.1 Å². The SMILES string of the molecule is CC(=O)Nc1nc(CSc2nc(-c3ccccc3)cs2)cs1. The molecule has 0 saturated carbocycles. The van der Waals surface area contributed by atoms with Crippen molar-refractivity contribution in [1.82, 2.24) is 9.97 Å². The predicted molar refractivity (Wildman–Crippen MR) is 93.5 cm³/mol. The van der Waals surface area contributed by atoms with E-state index in [-0.39, 0.29) is 5.91 Å². The molecule has 0 bridgehead atoms. The van der Waals surface area contributed by atoms with Gasteiger partial charge in [0.25, 0.3) is 0 Å². The van der Waals surface area contributed by atoms with Gasteiger partial charge in [0.15, 0.2) is 9.47 Å². The largest absolute Gasteiger partial charge is 0.302 e. The lowest BCUT2D eigenvalue weighted by Gasteiger charge is -1.96. The fourth-order valence-electron chi connectivity index (χ4n) is 1.78. The van der Waals surface area contributed by atoms with Gasteiger partial charge in [0, 0.05) is 29.0 Å². The molecule has 0 aliphatic rings. The van der Waals surface area contributed by atoms with Gasteiger partial charge in [-0.2, -0.15) is 0 Å². The van der Waals surface area contributed by atoms with Gasteiger partial charge < -0.3 is 5.32 Å². The number of thiazole rings is 2. The monoisotopic (exact) mass is 347 g/mol. The van der Waals surface area contributed by atoms with E-state index in [2.05, 4.69) is 32.8 Å². The lowest BCUT2D eigenvalue weighted by atomic mass is 10.2. The molecule has 0 fully saturated rings. The number of nitrogens with one attached hydrogen (secondary N) is 1. The van der Waals surface area contributed by atoms with Crippen LogP contribution >= 0.6 is 34.4 Å². The molecule has 2 heterocycles. The summed E-state index contributed by atoms with van der Waals surface area (Å²) in [6.45, 7) is 1.48. The molecular weight excluding hydrogens is 334 g/mol. The number of rotatable bonds is 5. The Morgan fingerprint density at radius 1 is 1.18 bits per heavy atom. The molecule has 0 radical (unpaired) electrons. The Balaban J connectivity index is 1.61. The molecule has 22 heavy (non-hydrogen) atoms. The molecule has 1 N–H and O–H groups in total. The minimum Gasteiger partial charge on any atom is -0.302 e. The lowest BCUT2D eigenvalue weighted by molar-refractivity contribution is -0.114. The Kier molecular flexibility index (Phi) is 4.87. The maximum atomic E-state index is 11.0. The molecule has 1 aromatic carbocycles. The second kappa shape index (κ2) is 7.04. The number of thioether (sulfide) groups is 1. The van der Waals surface area contributed by atoms with E-state index in [4.69, 9.17) is 0 Å². The van der Waals surface area contributed by atoms with Crippen LogP contribution in [0.25, 0.3) is 11.3 Å². The molecule has 0 spiro atoms. The zero-order valence-corrected chi connectivity index (χ0v) is 14.2. The molecule has 112 valence electrons. The first-order valence-corrected chi connectivity index (χ1v) is 9.31. The first-order valence-electron chi connectivity index (χ1n) is 6.56. The van der Waals surface area contributed by atoms with Crippen molar-refractivity contribution in [3.8, 4) is 11.3 Å². The number of amides is 1. The summed E-state index contributed by atoms with van der Waals surface area (Å²) in [6.07, 6.45) is 0. The number of carbonyl (C=O) groups is 1. The van der Waals surface area contributed by atoms with E-state index in [1.807, 2.05) is 23.6 Å². The molecule has 4 nitrogen and oxygen atoms in total. The van der Waals surface area contributed by atoms with E-state index < -0.39 is 0 Å². The van der Waals surface area contributed by atoms with E-state index in [0.29, 0.717) is 5.13 Å². The van der Waals surface area contributed by atoms with E-state index in [0.717, 1.165) is 27.0 Å². The molecule has 0 atom stereocenters. The minimum absolute atomic E-state index is 0.0963. The highest BCUT2D eigenvalue weighted by atomic mass is 32.2. The van der Waals surface area contributed by atoms with Gasteiger partial charge >= 0.3 is 0 Å². The van der Waals surface area contributed by atoms with Crippen LogP contribution in [0.15, 0.2) is 45.4 Å². The van der Waals surface area contributed by atoms with Gasteiger partial charge in [-0.25, -0.2) is 9.97 Å². The number of carbonyl (C=O) groups excluding carboxylic acids is 1. The van der Waals surface area contributed by atoms with Gasteiger partial charge in [-0.3, -0.25) is 4.79 Å². The Hall–Kier alpha value is -1.70. The molecular formula is C15H13N3OS3. The topological polar surface area (TPSA) is 54.9 Å². The van der Waals surface area contributed by atoms with Crippen molar-refractivity contribution in [3.63, 3.8) is 0 Å². The summed E-state index contributed by atoms with van der Waals surface area (Å²) in [5.41, 5.74) is 3.09. The summed E-state index contributed by atoms with van der Waals surface area (Å²) < 4.78 is 1.02. The van der Waals surface area contributed by atoms with Crippen molar-refractivity contribution in [1.29, 1.82) is 0 Å². The number of hydrogen-bond donors (Lipinski definition) is 1. The second-order valence-electron chi connectivity index (χ2n) is 4.48. The first kappa shape index (κ1) is 15.2. The Morgan fingerprint density at radius 3 is 2.77 bits per heavy atom. The summed E-state index contributed by atoms with van der Waals surface area (Å²) >= 11 is 4.74. The summed E-state index contributed by atoms with van der Waals surface area (Å²) in [5, 5.41) is 7.37. The van der Waals surface area contributed by atoms with Gasteiger partial charge in [-0.1, -0.05) is 42.1 Å². The minimum atomic E-state index is -0.0963. The van der Waals surface area contributed by atoms with Crippen LogP contribution in [-0.2, 0) is 10.5 Å². The Morgan fingerprint density at radius 2 is 2.00 bits per heavy atom. The first-order chi connectivity index (χ1) is 10.7. The molecule has 0 unspecified atom stereocenters. The maximum Gasteiger partial charge on any atom is 0.223 e. The Labute approximate surface area is 140 Å². The van der Waals surface area contributed by atoms with Gasteiger partial charge in [-0.15, -0.1) is 22.7 Å². The molecule has 2 aromatic heterocycles. The van der Waals surface area contributed by atoms with Crippen molar-refractivity contribution < 1.29 is 4.79 Å². The molecule has 1 amide bonds. The molecule has 3 aromatic rings. The standard InChI is InChI=1S/C15H13N3OS3/c1-10(19)16-14-17-12(7-20-14)8-21-15-18-13(9-22-15)11-5-3-2-4-6-11/h2-7,9H,8H2,1H3,(H,16,17,19). The summed E-state index contributed by atoms with van der Waals surface area (Å²) in [6, 6.07) is 10.1. The van der Waals surface area contributed by atoms with Crippen LogP contribution in [-0.4, -0.2) is 15.9 Å². The van der Waals surface area contributed by atoms with Crippen molar-refractivity contribution in [2.45, 2.75) is 17.0 Å². The quantitative estimate of drug-likeness (QED) is 0.690. The van der Waals surface area contributed by atoms with Crippen LogP contribution in [0.5, 0.6) is 0 Å². The fraction of sp³-hybridized carbons (Fsp3) is 0.133. The lowest BCUT2D eigenvalue weighted by Crippen LogP contribution is -2.05. The maximum absolute atomic E-state index is 11.0. The number of nitrogens with zero attached hydrogens (tertiary/aromatic N) is 2. The highest BCUT2D eigenvalue weighted by Crippen LogP contribution is 2.30. The average molecular weight is 347 g/mol. The number of hydrogen-bond acceptors (Lipinski definition) is 6. The van der Waals surface area contributed by atoms with E-state index >= 15 is 0 Å². The van der Waals surface area contributed by atoms with Crippen molar-refractivity contribution in [3.05, 3.63) is 46.8 Å². The number of aromatic nitrogens is 2. The summed E-state index contributed by atoms with van der Waals surface area (Å²) in [7, 11) is 0. The normalized spacial score (nSPS) is 10.6. The second-order valence-corrected chi connectivity index (χ2v) is 7.42. The van der Waals surface area contributed by atoms with Crippen molar-refractivity contribution in [2.75, 3.05) is 5.32 Å². The van der Waals surface area contributed by atoms with E-state index in [9.17, 15) is 4.79 Å². The van der Waals surface area contributed by atoms with Gasteiger partial charge in [0.2, 0.25) is 5.91 Å². The highest BCUT2D eigenvalue weighted by molar-refractivity contribution is 8.00. The van der Waals surface area contributed by atoms with Crippen molar-refractivity contribution in [2.24, 2.45) is 0 Å². The molecule has 0 aliphatic heterocycles. The summed E-state index contributed by atoms with van der Waals surface area (Å²) in [4.78, 5) is 20.0. The molecule has 0 saturated heterocycles. The Bertz CT molecular complexity index is 767. The van der Waals surface area contributed by atoms with Crippen molar-refractivity contribution >= 4 is 45.5 Å². The molecule has 3 rings (SSSR count). The van der Waals surface area contributed by atoms with Crippen LogP contribution in [0.4, 0.5) is 5.13 Å². The van der Waals surface area contributed by atoms with Gasteiger partial charge in [0.1, 0.15) is 0 Å².